The highest BCUT2D eigenvalue weighted by Crippen LogP contribution is 2.23. The van der Waals surface area contributed by atoms with E-state index in [4.69, 9.17) is 0 Å². The van der Waals surface area contributed by atoms with Gasteiger partial charge in [-0.15, -0.1) is 0 Å². The Kier molecular flexibility index (Phi) is 1.81. The molecule has 0 aliphatic heterocycles. The fourth-order valence-electron chi connectivity index (χ4n) is 1.13. The van der Waals surface area contributed by atoms with Gasteiger partial charge in [0.05, 0.1) is 17.7 Å². The van der Waals surface area contributed by atoms with Crippen LogP contribution in [0.1, 0.15) is 10.4 Å². The first kappa shape index (κ1) is 8.25. The van der Waals surface area contributed by atoms with E-state index in [1.54, 1.807) is 6.20 Å². The summed E-state index contributed by atoms with van der Waals surface area (Å²) < 4.78 is 0.693. The fourth-order valence-corrected chi connectivity index (χ4v) is 1.69. The highest BCUT2D eigenvalue weighted by Gasteiger charge is 2.03. The van der Waals surface area contributed by atoms with Gasteiger partial charge in [0.15, 0.2) is 0 Å². The van der Waals surface area contributed by atoms with Crippen molar-refractivity contribution in [1.82, 2.24) is 10.2 Å². The highest BCUT2D eigenvalue weighted by atomic mass is 79.9. The molecule has 1 heterocycles. The van der Waals surface area contributed by atoms with Crippen LogP contribution in [0.5, 0.6) is 0 Å². The Labute approximate surface area is 81.7 Å². The van der Waals surface area contributed by atoms with Crippen LogP contribution >= 0.6 is 15.9 Å². The highest BCUT2D eigenvalue weighted by molar-refractivity contribution is 9.10. The lowest BCUT2D eigenvalue weighted by Crippen LogP contribution is -2.22. The quantitative estimate of drug-likeness (QED) is 0.797. The average molecular weight is 240 g/mol. The summed E-state index contributed by atoms with van der Waals surface area (Å²) in [7, 11) is 0. The van der Waals surface area contributed by atoms with Crippen LogP contribution in [0.4, 0.5) is 0 Å². The number of aromatic nitrogens is 2. The summed E-state index contributed by atoms with van der Waals surface area (Å²) >= 11 is 3.24. The Balaban J connectivity index is 2.77. The molecule has 0 spiro atoms. The predicted molar refractivity (Wildman–Crippen MR) is 48.1 cm³/mol. The van der Waals surface area contributed by atoms with E-state index in [1.807, 2.05) is 0 Å². The normalized spacial score (nSPS) is 10.5. The summed E-state index contributed by atoms with van der Waals surface area (Å²) in [5.74, 6) is -1.20. The lowest BCUT2D eigenvalue weighted by molar-refractivity contribution is -0.255. The SMILES string of the molecule is O=C([O-])c1cc(Br)c2cn[nH]c2c1. The Bertz CT molecular complexity index is 478. The summed E-state index contributed by atoms with van der Waals surface area (Å²) in [5.41, 5.74) is 0.803. The van der Waals surface area contributed by atoms with Crippen molar-refractivity contribution in [3.8, 4) is 0 Å². The van der Waals surface area contributed by atoms with Gasteiger partial charge in [0.2, 0.25) is 0 Å². The van der Waals surface area contributed by atoms with Crippen LogP contribution in [-0.2, 0) is 0 Å². The number of nitrogens with one attached hydrogen (secondary N) is 1. The second-order valence-corrected chi connectivity index (χ2v) is 3.43. The molecular formula is C8H4BrN2O2-. The van der Waals surface area contributed by atoms with Gasteiger partial charge in [-0.05, 0) is 12.1 Å². The van der Waals surface area contributed by atoms with E-state index < -0.39 is 5.97 Å². The van der Waals surface area contributed by atoms with Gasteiger partial charge in [-0.25, -0.2) is 0 Å². The van der Waals surface area contributed by atoms with E-state index in [1.165, 1.54) is 12.1 Å². The molecule has 0 aliphatic carbocycles. The molecule has 66 valence electrons. The van der Waals surface area contributed by atoms with E-state index in [2.05, 4.69) is 26.1 Å². The minimum Gasteiger partial charge on any atom is -0.545 e. The van der Waals surface area contributed by atoms with Gasteiger partial charge in [0.25, 0.3) is 0 Å². The third kappa shape index (κ3) is 1.31. The molecule has 0 radical (unpaired) electrons. The van der Waals surface area contributed by atoms with E-state index in [-0.39, 0.29) is 5.56 Å². The number of nitrogens with zero attached hydrogens (tertiary/aromatic N) is 1. The second-order valence-electron chi connectivity index (χ2n) is 2.58. The fraction of sp³-hybridized carbons (Fsp3) is 0. The molecule has 2 rings (SSSR count). The number of benzene rings is 1. The van der Waals surface area contributed by atoms with Crippen molar-refractivity contribution >= 4 is 32.8 Å². The van der Waals surface area contributed by atoms with E-state index in [9.17, 15) is 9.90 Å². The molecular weight excluding hydrogens is 236 g/mol. The van der Waals surface area contributed by atoms with Crippen molar-refractivity contribution in [3.63, 3.8) is 0 Å². The number of aromatic amines is 1. The number of carboxylic acids is 1. The molecule has 5 heteroatoms. The standard InChI is InChI=1S/C8H5BrN2O2/c9-6-1-4(8(12)13)2-7-5(6)3-10-11-7/h1-3H,(H,10,11)(H,12,13)/p-1. The molecule has 1 N–H and O–H groups in total. The summed E-state index contributed by atoms with van der Waals surface area (Å²) in [5, 5.41) is 17.9. The summed E-state index contributed by atoms with van der Waals surface area (Å²) in [6.07, 6.45) is 1.62. The molecule has 0 fully saturated rings. The van der Waals surface area contributed by atoms with E-state index in [0.29, 0.717) is 9.99 Å². The molecule has 0 atom stereocenters. The van der Waals surface area contributed by atoms with Crippen LogP contribution in [0.25, 0.3) is 10.9 Å². The van der Waals surface area contributed by atoms with E-state index in [0.717, 1.165) is 5.39 Å². The lowest BCUT2D eigenvalue weighted by atomic mass is 10.2. The molecule has 0 amide bonds. The van der Waals surface area contributed by atoms with Crippen LogP contribution in [-0.4, -0.2) is 16.2 Å². The minimum atomic E-state index is -1.20. The van der Waals surface area contributed by atoms with Crippen LogP contribution in [0.2, 0.25) is 0 Å². The topological polar surface area (TPSA) is 68.8 Å². The Hall–Kier alpha value is -1.36. The third-order valence-corrected chi connectivity index (χ3v) is 2.40. The first-order valence-corrected chi connectivity index (χ1v) is 4.32. The molecule has 0 aliphatic rings. The molecule has 4 nitrogen and oxygen atoms in total. The summed E-state index contributed by atoms with van der Waals surface area (Å²) in [6, 6.07) is 2.98. The molecule has 1 aromatic carbocycles. The molecule has 1 aromatic heterocycles. The Morgan fingerprint density at radius 3 is 3.00 bits per heavy atom. The first-order valence-electron chi connectivity index (χ1n) is 3.52. The van der Waals surface area contributed by atoms with E-state index >= 15 is 0 Å². The van der Waals surface area contributed by atoms with Crippen molar-refractivity contribution < 1.29 is 9.90 Å². The van der Waals surface area contributed by atoms with Gasteiger partial charge in [-0.3, -0.25) is 5.10 Å². The minimum absolute atomic E-state index is 0.128. The lowest BCUT2D eigenvalue weighted by Gasteiger charge is -2.02. The maximum Gasteiger partial charge on any atom is 0.0716 e. The van der Waals surface area contributed by atoms with Crippen LogP contribution in [0.3, 0.4) is 0 Å². The van der Waals surface area contributed by atoms with Crippen LogP contribution in [0.15, 0.2) is 22.8 Å². The zero-order valence-electron chi connectivity index (χ0n) is 6.37. The number of H-pyrrole nitrogens is 1. The molecule has 13 heavy (non-hydrogen) atoms. The third-order valence-electron chi connectivity index (χ3n) is 1.74. The Morgan fingerprint density at radius 2 is 2.31 bits per heavy atom. The number of rotatable bonds is 1. The van der Waals surface area contributed by atoms with Crippen LogP contribution in [0, 0.1) is 0 Å². The summed E-state index contributed by atoms with van der Waals surface area (Å²) in [4.78, 5) is 10.6. The second kappa shape index (κ2) is 2.85. The number of hydrogen-bond donors (Lipinski definition) is 1. The van der Waals surface area contributed by atoms with Crippen molar-refractivity contribution in [2.75, 3.05) is 0 Å². The molecule has 0 unspecified atom stereocenters. The van der Waals surface area contributed by atoms with Gasteiger partial charge < -0.3 is 9.90 Å². The number of halogens is 1. The number of aromatic carboxylic acids is 1. The maximum atomic E-state index is 10.6. The average Bonchev–Trinajstić information content (AvgIpc) is 2.51. The van der Waals surface area contributed by atoms with Crippen molar-refractivity contribution in [2.45, 2.75) is 0 Å². The van der Waals surface area contributed by atoms with Gasteiger partial charge in [0, 0.05) is 15.4 Å². The zero-order chi connectivity index (χ0) is 9.42. The monoisotopic (exact) mass is 239 g/mol. The maximum absolute atomic E-state index is 10.6. The smallest absolute Gasteiger partial charge is 0.0716 e. The number of carbonyl (C=O) groups is 1. The molecule has 2 aromatic rings. The van der Waals surface area contributed by atoms with Crippen molar-refractivity contribution in [1.29, 1.82) is 0 Å². The number of carboxylic acid groups (broad SMARTS) is 1. The van der Waals surface area contributed by atoms with Gasteiger partial charge >= 0.3 is 0 Å². The predicted octanol–water partition coefficient (Wildman–Crippen LogP) is 0.689. The number of carbonyl (C=O) groups excluding carboxylic acids is 1. The number of fused-ring (bicyclic) bond motifs is 1. The zero-order valence-corrected chi connectivity index (χ0v) is 7.96. The van der Waals surface area contributed by atoms with Gasteiger partial charge in [-0.2, -0.15) is 5.10 Å². The molecule has 0 saturated heterocycles. The Morgan fingerprint density at radius 1 is 1.54 bits per heavy atom. The van der Waals surface area contributed by atoms with Crippen molar-refractivity contribution in [3.05, 3.63) is 28.4 Å². The number of hydrogen-bond acceptors (Lipinski definition) is 3. The van der Waals surface area contributed by atoms with Gasteiger partial charge in [0.1, 0.15) is 0 Å². The van der Waals surface area contributed by atoms with Gasteiger partial charge in [-0.1, -0.05) is 15.9 Å². The molecule has 0 saturated carbocycles. The van der Waals surface area contributed by atoms with Crippen molar-refractivity contribution in [2.24, 2.45) is 0 Å². The van der Waals surface area contributed by atoms with Crippen LogP contribution < -0.4 is 5.11 Å². The summed E-state index contributed by atoms with van der Waals surface area (Å²) in [6.45, 7) is 0. The first-order chi connectivity index (χ1) is 6.18. The molecule has 0 bridgehead atoms. The largest absolute Gasteiger partial charge is 0.545 e.